The van der Waals surface area contributed by atoms with Gasteiger partial charge < -0.3 is 25.0 Å². The van der Waals surface area contributed by atoms with E-state index in [-0.39, 0.29) is 37.8 Å². The lowest BCUT2D eigenvalue weighted by molar-refractivity contribution is -0.137. The standard InChI is InChI=1S/C21H23F3N2O5/c1-30-15-4-2-3-13(7-15)19(29)26-11-20(8-16(27)17(28)9-20)12-31-18-6-5-14(10-25-18)21(22,23)24/h2-7,10,16-17,27-28H,8-9,11-12H2,1H3,(H,26,29). The van der Waals surface area contributed by atoms with Crippen molar-refractivity contribution in [3.8, 4) is 11.6 Å². The number of aliphatic hydroxyl groups excluding tert-OH is 2. The highest BCUT2D eigenvalue weighted by Crippen LogP contribution is 2.39. The molecule has 1 aliphatic carbocycles. The Hall–Kier alpha value is -2.85. The van der Waals surface area contributed by atoms with Crippen LogP contribution in [0.15, 0.2) is 42.6 Å². The molecule has 0 aliphatic heterocycles. The quantitative estimate of drug-likeness (QED) is 0.612. The summed E-state index contributed by atoms with van der Waals surface area (Å²) in [6.07, 6.45) is -5.54. The number of carbonyl (C=O) groups excluding carboxylic acids is 1. The molecule has 3 N–H and O–H groups in total. The minimum atomic E-state index is -4.50. The molecule has 1 aliphatic rings. The highest BCUT2D eigenvalue weighted by Gasteiger charge is 2.45. The number of hydrogen-bond donors (Lipinski definition) is 3. The molecule has 31 heavy (non-hydrogen) atoms. The van der Waals surface area contributed by atoms with Crippen molar-refractivity contribution in [1.82, 2.24) is 10.3 Å². The Kier molecular flexibility index (Phi) is 6.71. The summed E-state index contributed by atoms with van der Waals surface area (Å²) in [6, 6.07) is 8.53. The molecule has 2 unspecified atom stereocenters. The second-order valence-corrected chi connectivity index (χ2v) is 7.63. The summed E-state index contributed by atoms with van der Waals surface area (Å²) >= 11 is 0. The molecule has 3 rings (SSSR count). The van der Waals surface area contributed by atoms with E-state index in [9.17, 15) is 28.2 Å². The van der Waals surface area contributed by atoms with E-state index in [2.05, 4.69) is 10.3 Å². The largest absolute Gasteiger partial charge is 0.497 e. The van der Waals surface area contributed by atoms with Crippen molar-refractivity contribution in [1.29, 1.82) is 0 Å². The first kappa shape index (κ1) is 22.8. The van der Waals surface area contributed by atoms with Crippen LogP contribution >= 0.6 is 0 Å². The molecule has 7 nitrogen and oxygen atoms in total. The zero-order valence-corrected chi connectivity index (χ0v) is 16.7. The number of alkyl halides is 3. The van der Waals surface area contributed by atoms with Crippen LogP contribution in [-0.2, 0) is 6.18 Å². The number of halogens is 3. The Morgan fingerprint density at radius 2 is 1.94 bits per heavy atom. The van der Waals surface area contributed by atoms with Crippen LogP contribution in [0.3, 0.4) is 0 Å². The first-order chi connectivity index (χ1) is 14.6. The minimum absolute atomic E-state index is 0.0256. The number of carbonyl (C=O) groups is 1. The second kappa shape index (κ2) is 9.11. The van der Waals surface area contributed by atoms with Gasteiger partial charge in [-0.25, -0.2) is 4.98 Å². The van der Waals surface area contributed by atoms with Crippen LogP contribution in [0.25, 0.3) is 0 Å². The van der Waals surface area contributed by atoms with Gasteiger partial charge in [0.1, 0.15) is 5.75 Å². The topological polar surface area (TPSA) is 101 Å². The van der Waals surface area contributed by atoms with E-state index >= 15 is 0 Å². The van der Waals surface area contributed by atoms with Crippen molar-refractivity contribution < 1.29 is 37.7 Å². The van der Waals surface area contributed by atoms with Gasteiger partial charge in [0, 0.05) is 29.8 Å². The van der Waals surface area contributed by atoms with Gasteiger partial charge in [-0.15, -0.1) is 0 Å². The summed E-state index contributed by atoms with van der Waals surface area (Å²) in [5, 5.41) is 22.8. The molecule has 2 aromatic rings. The van der Waals surface area contributed by atoms with Crippen LogP contribution in [0.2, 0.25) is 0 Å². The van der Waals surface area contributed by atoms with Crippen LogP contribution in [0, 0.1) is 5.41 Å². The summed E-state index contributed by atoms with van der Waals surface area (Å²) in [5.41, 5.74) is -1.34. The van der Waals surface area contributed by atoms with Crippen molar-refractivity contribution in [2.24, 2.45) is 5.41 Å². The van der Waals surface area contributed by atoms with Gasteiger partial charge in [-0.05, 0) is 37.1 Å². The predicted molar refractivity (Wildman–Crippen MR) is 104 cm³/mol. The number of aliphatic hydroxyl groups is 2. The summed E-state index contributed by atoms with van der Waals surface area (Å²) in [6.45, 7) is 0.0235. The zero-order valence-electron chi connectivity index (χ0n) is 16.7. The number of nitrogens with zero attached hydrogens (tertiary/aromatic N) is 1. The Bertz CT molecular complexity index is 895. The molecule has 0 bridgehead atoms. The molecule has 1 heterocycles. The number of rotatable bonds is 7. The van der Waals surface area contributed by atoms with Crippen LogP contribution in [0.4, 0.5) is 13.2 Å². The fourth-order valence-electron chi connectivity index (χ4n) is 3.55. The van der Waals surface area contributed by atoms with Gasteiger partial charge in [-0.3, -0.25) is 4.79 Å². The van der Waals surface area contributed by atoms with E-state index in [0.717, 1.165) is 12.1 Å². The molecule has 168 valence electrons. The normalized spacial score (nSPS) is 23.4. The number of methoxy groups -OCH3 is 1. The number of nitrogens with one attached hydrogen (secondary N) is 1. The van der Waals surface area contributed by atoms with Crippen LogP contribution in [0.5, 0.6) is 11.6 Å². The average molecular weight is 440 g/mol. The predicted octanol–water partition coefficient (Wildman–Crippen LogP) is 2.42. The van der Waals surface area contributed by atoms with Gasteiger partial charge in [0.25, 0.3) is 5.91 Å². The van der Waals surface area contributed by atoms with Gasteiger partial charge >= 0.3 is 6.18 Å². The van der Waals surface area contributed by atoms with Crippen molar-refractivity contribution in [2.75, 3.05) is 20.3 Å². The van der Waals surface area contributed by atoms with Crippen LogP contribution in [-0.4, -0.2) is 53.6 Å². The first-order valence-electron chi connectivity index (χ1n) is 9.56. The summed E-state index contributed by atoms with van der Waals surface area (Å²) < 4.78 is 48.7. The molecule has 1 aromatic carbocycles. The smallest absolute Gasteiger partial charge is 0.417 e. The third-order valence-corrected chi connectivity index (χ3v) is 5.27. The maximum atomic E-state index is 12.7. The number of hydrogen-bond acceptors (Lipinski definition) is 6. The van der Waals surface area contributed by atoms with Crippen LogP contribution in [0.1, 0.15) is 28.8 Å². The average Bonchev–Trinajstić information content (AvgIpc) is 3.04. The third kappa shape index (κ3) is 5.65. The van der Waals surface area contributed by atoms with E-state index in [1.54, 1.807) is 24.3 Å². The maximum absolute atomic E-state index is 12.7. The molecule has 0 saturated heterocycles. The molecule has 1 saturated carbocycles. The van der Waals surface area contributed by atoms with Crippen molar-refractivity contribution >= 4 is 5.91 Å². The molecule has 1 aromatic heterocycles. The highest BCUT2D eigenvalue weighted by molar-refractivity contribution is 5.94. The molecule has 10 heteroatoms. The molecular formula is C21H23F3N2O5. The SMILES string of the molecule is COc1cccc(C(=O)NCC2(COc3ccc(C(F)(F)F)cn3)CC(O)C(O)C2)c1. The zero-order chi connectivity index (χ0) is 22.6. The fourth-order valence-corrected chi connectivity index (χ4v) is 3.55. The minimum Gasteiger partial charge on any atom is -0.497 e. The van der Waals surface area contributed by atoms with Crippen molar-refractivity contribution in [3.63, 3.8) is 0 Å². The van der Waals surface area contributed by atoms with Gasteiger partial charge in [-0.1, -0.05) is 6.07 Å². The Morgan fingerprint density at radius 3 is 2.52 bits per heavy atom. The number of pyridine rings is 1. The van der Waals surface area contributed by atoms with Crippen molar-refractivity contribution in [2.45, 2.75) is 31.2 Å². The summed E-state index contributed by atoms with van der Waals surface area (Å²) in [7, 11) is 1.49. The van der Waals surface area contributed by atoms with Gasteiger partial charge in [-0.2, -0.15) is 13.2 Å². The monoisotopic (exact) mass is 440 g/mol. The van der Waals surface area contributed by atoms with Gasteiger partial charge in [0.05, 0.1) is 31.5 Å². The molecule has 1 fully saturated rings. The Balaban J connectivity index is 1.67. The van der Waals surface area contributed by atoms with E-state index < -0.39 is 29.4 Å². The van der Waals surface area contributed by atoms with Crippen LogP contribution < -0.4 is 14.8 Å². The van der Waals surface area contributed by atoms with E-state index in [4.69, 9.17) is 9.47 Å². The molecule has 0 radical (unpaired) electrons. The Labute approximate surface area is 176 Å². The first-order valence-corrected chi connectivity index (χ1v) is 9.56. The van der Waals surface area contributed by atoms with E-state index in [1.807, 2.05) is 0 Å². The van der Waals surface area contributed by atoms with E-state index in [0.29, 0.717) is 17.5 Å². The lowest BCUT2D eigenvalue weighted by Gasteiger charge is -2.29. The highest BCUT2D eigenvalue weighted by atomic mass is 19.4. The van der Waals surface area contributed by atoms with E-state index in [1.165, 1.54) is 7.11 Å². The Morgan fingerprint density at radius 1 is 1.23 bits per heavy atom. The lowest BCUT2D eigenvalue weighted by atomic mass is 9.86. The lowest BCUT2D eigenvalue weighted by Crippen LogP contribution is -2.40. The van der Waals surface area contributed by atoms with Gasteiger partial charge in [0.2, 0.25) is 5.88 Å². The number of amides is 1. The van der Waals surface area contributed by atoms with Crippen molar-refractivity contribution in [3.05, 3.63) is 53.7 Å². The number of ether oxygens (including phenoxy) is 2. The molecule has 0 spiro atoms. The molecule has 2 atom stereocenters. The summed E-state index contributed by atoms with van der Waals surface area (Å²) in [5.74, 6) is 0.120. The fraction of sp³-hybridized carbons (Fsp3) is 0.429. The molecular weight excluding hydrogens is 417 g/mol. The van der Waals surface area contributed by atoms with Gasteiger partial charge in [0.15, 0.2) is 0 Å². The number of benzene rings is 1. The third-order valence-electron chi connectivity index (χ3n) is 5.27. The molecule has 1 amide bonds. The second-order valence-electron chi connectivity index (χ2n) is 7.63. The summed E-state index contributed by atoms with van der Waals surface area (Å²) in [4.78, 5) is 16.2. The maximum Gasteiger partial charge on any atom is 0.417 e. The number of aromatic nitrogens is 1.